The standard InChI is InChI=1S/C62H92N6/c1-45(2)37-63(38-46(3)4)53-17-25-57(26-18-53)67(58-27-19-54(20-28-58)64(39-47(5)6)40-48(7)8)61-33-35-62(36-34-61)68(59-29-21-55(22-30-59)65(41-49(9)10)42-50(11)12)60-31-23-56(24-32-60)66(43-51(13)14)44-52(15)16/h17-36,45-52H,37-44H2,1-16H3/p+2. The Morgan fingerprint density at radius 2 is 0.338 bits per heavy atom. The fourth-order valence-electron chi connectivity index (χ4n) is 9.83. The van der Waals surface area contributed by atoms with E-state index in [1.165, 1.54) is 66.7 Å². The van der Waals surface area contributed by atoms with Crippen LogP contribution in [0.3, 0.4) is 0 Å². The van der Waals surface area contributed by atoms with Crippen LogP contribution >= 0.6 is 0 Å². The SMILES string of the molecule is CC(C)CN(CC(C)C)c1ccc([NH+](c2ccc(N(CC(C)C)CC(C)C)cc2)c2ccc([NH+](c3ccc(N(CC(C)C)CC(C)C)cc3)c3ccc(N(CC(C)C)CC(C)C)cc3)cc2)cc1. The molecule has 0 aliphatic rings. The lowest BCUT2D eigenvalue weighted by Crippen LogP contribution is -2.97. The summed E-state index contributed by atoms with van der Waals surface area (Å²) >= 11 is 0. The van der Waals surface area contributed by atoms with Gasteiger partial charge < -0.3 is 19.6 Å². The summed E-state index contributed by atoms with van der Waals surface area (Å²) in [5, 5.41) is 0. The zero-order chi connectivity index (χ0) is 49.7. The summed E-state index contributed by atoms with van der Waals surface area (Å²) in [7, 11) is 0. The Hall–Kier alpha value is -4.78. The molecule has 0 spiro atoms. The third-order valence-corrected chi connectivity index (χ3v) is 12.2. The van der Waals surface area contributed by atoms with Gasteiger partial charge >= 0.3 is 0 Å². The number of benzene rings is 5. The van der Waals surface area contributed by atoms with Crippen molar-refractivity contribution in [1.82, 2.24) is 0 Å². The van der Waals surface area contributed by atoms with Gasteiger partial charge in [0.1, 0.15) is 34.1 Å². The number of anilines is 4. The van der Waals surface area contributed by atoms with Crippen molar-refractivity contribution in [3.63, 3.8) is 0 Å². The van der Waals surface area contributed by atoms with Gasteiger partial charge in [0.15, 0.2) is 0 Å². The van der Waals surface area contributed by atoms with E-state index in [-0.39, 0.29) is 0 Å². The van der Waals surface area contributed by atoms with E-state index in [9.17, 15) is 0 Å². The minimum atomic E-state index is 0.588. The summed E-state index contributed by atoms with van der Waals surface area (Å²) in [5.41, 5.74) is 12.6. The molecule has 6 heteroatoms. The molecule has 0 aliphatic heterocycles. The summed E-state index contributed by atoms with van der Waals surface area (Å²) in [6.07, 6.45) is 0. The summed E-state index contributed by atoms with van der Waals surface area (Å²) < 4.78 is 0. The average molecular weight is 923 g/mol. The summed E-state index contributed by atoms with van der Waals surface area (Å²) in [6.45, 7) is 45.5. The van der Waals surface area contributed by atoms with E-state index in [0.29, 0.717) is 47.3 Å². The first kappa shape index (κ1) is 54.2. The van der Waals surface area contributed by atoms with E-state index in [4.69, 9.17) is 0 Å². The molecule has 5 aromatic carbocycles. The van der Waals surface area contributed by atoms with Gasteiger partial charge in [-0.25, -0.2) is 9.80 Å². The molecule has 0 saturated carbocycles. The molecule has 0 radical (unpaired) electrons. The van der Waals surface area contributed by atoms with Crippen molar-refractivity contribution in [2.24, 2.45) is 47.3 Å². The van der Waals surface area contributed by atoms with Crippen LogP contribution in [0.25, 0.3) is 0 Å². The number of quaternary nitrogens is 2. The largest absolute Gasteiger partial charge is 0.371 e. The molecule has 68 heavy (non-hydrogen) atoms. The van der Waals surface area contributed by atoms with Gasteiger partial charge in [-0.05, 0) is 95.9 Å². The molecule has 6 nitrogen and oxygen atoms in total. The monoisotopic (exact) mass is 923 g/mol. The van der Waals surface area contributed by atoms with E-state index in [1.807, 2.05) is 0 Å². The van der Waals surface area contributed by atoms with Crippen LogP contribution in [0.15, 0.2) is 121 Å². The average Bonchev–Trinajstić information content (AvgIpc) is 3.26. The Morgan fingerprint density at radius 3 is 0.456 bits per heavy atom. The highest BCUT2D eigenvalue weighted by atomic mass is 15.2. The summed E-state index contributed by atoms with van der Waals surface area (Å²) in [5.74, 6) is 4.70. The zero-order valence-corrected chi connectivity index (χ0v) is 45.6. The predicted molar refractivity (Wildman–Crippen MR) is 300 cm³/mol. The second-order valence-corrected chi connectivity index (χ2v) is 23.3. The van der Waals surface area contributed by atoms with E-state index >= 15 is 0 Å². The Kier molecular flexibility index (Phi) is 20.5. The molecule has 0 heterocycles. The number of rotatable bonds is 26. The molecule has 370 valence electrons. The second-order valence-electron chi connectivity index (χ2n) is 23.3. The maximum Gasteiger partial charge on any atom is 0.141 e. The van der Waals surface area contributed by atoms with Gasteiger partial charge in [0.05, 0.1) is 0 Å². The van der Waals surface area contributed by atoms with E-state index < -0.39 is 0 Å². The third-order valence-electron chi connectivity index (χ3n) is 12.2. The molecule has 0 aliphatic carbocycles. The molecule has 5 aromatic rings. The van der Waals surface area contributed by atoms with Crippen molar-refractivity contribution in [3.05, 3.63) is 121 Å². The van der Waals surface area contributed by atoms with Crippen molar-refractivity contribution in [2.75, 3.05) is 72.0 Å². The second kappa shape index (κ2) is 25.7. The molecule has 0 unspecified atom stereocenters. The van der Waals surface area contributed by atoms with Gasteiger partial charge in [0, 0.05) is 148 Å². The van der Waals surface area contributed by atoms with Crippen LogP contribution < -0.4 is 29.4 Å². The third kappa shape index (κ3) is 16.2. The minimum Gasteiger partial charge on any atom is -0.371 e. The van der Waals surface area contributed by atoms with Crippen molar-refractivity contribution in [2.45, 2.75) is 111 Å². The number of nitrogens with one attached hydrogen (secondary N) is 2. The molecular formula is C62H94N6+2. The molecule has 0 aromatic heterocycles. The van der Waals surface area contributed by atoms with Gasteiger partial charge in [-0.2, -0.15) is 0 Å². The van der Waals surface area contributed by atoms with Crippen LogP contribution in [0.1, 0.15) is 111 Å². The highest BCUT2D eigenvalue weighted by Crippen LogP contribution is 2.28. The zero-order valence-electron chi connectivity index (χ0n) is 45.6. The van der Waals surface area contributed by atoms with Crippen LogP contribution in [0.5, 0.6) is 0 Å². The van der Waals surface area contributed by atoms with Crippen molar-refractivity contribution < 1.29 is 9.80 Å². The maximum absolute atomic E-state index is 2.56. The summed E-state index contributed by atoms with van der Waals surface area (Å²) in [4.78, 5) is 12.8. The van der Waals surface area contributed by atoms with Crippen molar-refractivity contribution >= 4 is 56.9 Å². The van der Waals surface area contributed by atoms with Gasteiger partial charge in [0.2, 0.25) is 0 Å². The van der Waals surface area contributed by atoms with Crippen molar-refractivity contribution in [3.8, 4) is 0 Å². The smallest absolute Gasteiger partial charge is 0.141 e. The molecule has 5 rings (SSSR count). The normalized spacial score (nSPS) is 12.1. The highest BCUT2D eigenvalue weighted by Gasteiger charge is 2.25. The quantitative estimate of drug-likeness (QED) is 0.0576. The van der Waals surface area contributed by atoms with Crippen LogP contribution in [-0.4, -0.2) is 52.4 Å². The molecule has 0 atom stereocenters. The fourth-order valence-corrected chi connectivity index (χ4v) is 9.83. The maximum atomic E-state index is 2.56. The Balaban J connectivity index is 1.61. The van der Waals surface area contributed by atoms with Gasteiger partial charge in [-0.3, -0.25) is 0 Å². The number of nitrogens with zero attached hydrogens (tertiary/aromatic N) is 4. The molecule has 0 bridgehead atoms. The van der Waals surface area contributed by atoms with E-state index in [2.05, 4.69) is 252 Å². The van der Waals surface area contributed by atoms with Crippen LogP contribution in [-0.2, 0) is 0 Å². The van der Waals surface area contributed by atoms with Crippen molar-refractivity contribution in [1.29, 1.82) is 0 Å². The van der Waals surface area contributed by atoms with Gasteiger partial charge in [-0.1, -0.05) is 111 Å². The van der Waals surface area contributed by atoms with E-state index in [0.717, 1.165) is 52.4 Å². The molecular weight excluding hydrogens is 829 g/mol. The first-order valence-electron chi connectivity index (χ1n) is 26.5. The lowest BCUT2D eigenvalue weighted by atomic mass is 10.1. The molecule has 0 amide bonds. The highest BCUT2D eigenvalue weighted by molar-refractivity contribution is 5.60. The molecule has 0 fully saturated rings. The Labute approximate surface area is 416 Å². The predicted octanol–water partition coefficient (Wildman–Crippen LogP) is 14.5. The number of hydrogen-bond donors (Lipinski definition) is 2. The lowest BCUT2D eigenvalue weighted by Gasteiger charge is -2.30. The van der Waals surface area contributed by atoms with Gasteiger partial charge in [-0.15, -0.1) is 0 Å². The van der Waals surface area contributed by atoms with Crippen LogP contribution in [0.4, 0.5) is 56.9 Å². The fraction of sp³-hybridized carbons (Fsp3) is 0.516. The Morgan fingerprint density at radius 1 is 0.221 bits per heavy atom. The lowest BCUT2D eigenvalue weighted by molar-refractivity contribution is -0.684. The molecule has 0 saturated heterocycles. The van der Waals surface area contributed by atoms with Gasteiger partial charge in [0.25, 0.3) is 0 Å². The topological polar surface area (TPSA) is 21.8 Å². The number of hydrogen-bond acceptors (Lipinski definition) is 4. The first-order chi connectivity index (χ1) is 32.3. The molecule has 2 N–H and O–H groups in total. The Bertz CT molecular complexity index is 1830. The van der Waals surface area contributed by atoms with Crippen LogP contribution in [0, 0.1) is 47.3 Å². The summed E-state index contributed by atoms with van der Waals surface area (Å²) in [6, 6.07) is 47.1. The van der Waals surface area contributed by atoms with E-state index in [1.54, 1.807) is 0 Å². The first-order valence-corrected chi connectivity index (χ1v) is 26.5. The minimum absolute atomic E-state index is 0.588. The van der Waals surface area contributed by atoms with Crippen LogP contribution in [0.2, 0.25) is 0 Å².